The Hall–Kier alpha value is -2.16. The second-order valence-corrected chi connectivity index (χ2v) is 4.77. The fourth-order valence-corrected chi connectivity index (χ4v) is 2.21. The van der Waals surface area contributed by atoms with E-state index in [-0.39, 0.29) is 5.56 Å². The third-order valence-electron chi connectivity index (χ3n) is 3.31. The van der Waals surface area contributed by atoms with Crippen LogP contribution in [0.2, 0.25) is 0 Å². The Kier molecular flexibility index (Phi) is 4.51. The molecule has 2 nitrogen and oxygen atoms in total. The van der Waals surface area contributed by atoms with Crippen LogP contribution in [0, 0.1) is 5.82 Å². The second-order valence-electron chi connectivity index (χ2n) is 4.77. The molecule has 0 bridgehead atoms. The minimum absolute atomic E-state index is 0.270. The van der Waals surface area contributed by atoms with Gasteiger partial charge in [0.1, 0.15) is 11.4 Å². The lowest BCUT2D eigenvalue weighted by atomic mass is 9.97. The minimum atomic E-state index is -1.24. The highest BCUT2D eigenvalue weighted by Gasteiger charge is 2.16. The summed E-state index contributed by atoms with van der Waals surface area (Å²) in [5.41, 5.74) is 2.08. The van der Waals surface area contributed by atoms with Crippen LogP contribution in [0.1, 0.15) is 35.7 Å². The van der Waals surface area contributed by atoms with Crippen LogP contribution in [-0.4, -0.2) is 11.1 Å². The van der Waals surface area contributed by atoms with E-state index < -0.39 is 11.8 Å². The van der Waals surface area contributed by atoms with Crippen molar-refractivity contribution in [2.45, 2.75) is 26.2 Å². The predicted molar refractivity (Wildman–Crippen MR) is 77.4 cm³/mol. The largest absolute Gasteiger partial charge is 0.478 e. The Balaban J connectivity index is 2.37. The van der Waals surface area contributed by atoms with Gasteiger partial charge in [0.05, 0.1) is 0 Å². The summed E-state index contributed by atoms with van der Waals surface area (Å²) < 4.78 is 13.7. The van der Waals surface area contributed by atoms with Crippen LogP contribution in [0.25, 0.3) is 11.1 Å². The number of unbranched alkanes of at least 4 members (excludes halogenated alkanes) is 1. The number of hydrogen-bond acceptors (Lipinski definition) is 1. The highest BCUT2D eigenvalue weighted by Crippen LogP contribution is 2.26. The van der Waals surface area contributed by atoms with Crippen molar-refractivity contribution in [2.24, 2.45) is 0 Å². The number of halogens is 1. The van der Waals surface area contributed by atoms with E-state index in [0.29, 0.717) is 5.56 Å². The van der Waals surface area contributed by atoms with Crippen molar-refractivity contribution in [3.05, 3.63) is 59.4 Å². The van der Waals surface area contributed by atoms with Crippen LogP contribution in [0.15, 0.2) is 42.5 Å². The summed E-state index contributed by atoms with van der Waals surface area (Å²) in [6.07, 6.45) is 3.26. The molecule has 0 spiro atoms. The summed E-state index contributed by atoms with van der Waals surface area (Å²) in [5.74, 6) is -1.95. The van der Waals surface area contributed by atoms with Gasteiger partial charge in [0.2, 0.25) is 0 Å². The molecule has 2 aromatic carbocycles. The summed E-state index contributed by atoms with van der Waals surface area (Å²) in [6.45, 7) is 2.14. The highest BCUT2D eigenvalue weighted by molar-refractivity contribution is 5.96. The number of hydrogen-bond donors (Lipinski definition) is 1. The molecule has 0 amide bonds. The zero-order chi connectivity index (χ0) is 14.5. The van der Waals surface area contributed by atoms with E-state index >= 15 is 0 Å². The summed E-state index contributed by atoms with van der Waals surface area (Å²) in [6, 6.07) is 12.0. The molecule has 0 heterocycles. The number of aromatic carboxylic acids is 1. The number of carboxylic acid groups (broad SMARTS) is 1. The van der Waals surface area contributed by atoms with Crippen molar-refractivity contribution in [1.82, 2.24) is 0 Å². The molecule has 20 heavy (non-hydrogen) atoms. The average Bonchev–Trinajstić information content (AvgIpc) is 2.45. The number of rotatable bonds is 5. The van der Waals surface area contributed by atoms with Crippen LogP contribution in [0.4, 0.5) is 4.39 Å². The molecule has 0 aliphatic heterocycles. The molecule has 0 fully saturated rings. The van der Waals surface area contributed by atoms with Crippen molar-refractivity contribution in [3.8, 4) is 11.1 Å². The predicted octanol–water partition coefficient (Wildman–Crippen LogP) is 4.53. The lowest BCUT2D eigenvalue weighted by Crippen LogP contribution is -2.03. The van der Waals surface area contributed by atoms with Gasteiger partial charge in [-0.3, -0.25) is 0 Å². The third-order valence-corrected chi connectivity index (χ3v) is 3.31. The van der Waals surface area contributed by atoms with Crippen LogP contribution >= 0.6 is 0 Å². The number of carboxylic acids is 1. The van der Waals surface area contributed by atoms with Gasteiger partial charge in [0, 0.05) is 0 Å². The zero-order valence-corrected chi connectivity index (χ0v) is 11.4. The molecular formula is C17H17FO2. The van der Waals surface area contributed by atoms with Crippen LogP contribution in [-0.2, 0) is 6.42 Å². The maximum Gasteiger partial charge on any atom is 0.339 e. The standard InChI is InChI=1S/C17H17FO2/c1-2-3-5-12-8-10-13(11-9-12)14-6-4-7-15(18)16(14)17(19)20/h4,6-11H,2-3,5H2,1H3,(H,19,20). The van der Waals surface area contributed by atoms with E-state index in [2.05, 4.69) is 6.92 Å². The fourth-order valence-electron chi connectivity index (χ4n) is 2.21. The van der Waals surface area contributed by atoms with Gasteiger partial charge in [-0.25, -0.2) is 9.18 Å². The van der Waals surface area contributed by atoms with Crippen molar-refractivity contribution < 1.29 is 14.3 Å². The maximum atomic E-state index is 13.7. The first-order valence-electron chi connectivity index (χ1n) is 6.74. The Morgan fingerprint density at radius 3 is 2.45 bits per heavy atom. The minimum Gasteiger partial charge on any atom is -0.478 e. The van der Waals surface area contributed by atoms with Gasteiger partial charge >= 0.3 is 5.97 Å². The van der Waals surface area contributed by atoms with Gasteiger partial charge in [-0.15, -0.1) is 0 Å². The van der Waals surface area contributed by atoms with E-state index in [1.807, 2.05) is 24.3 Å². The molecule has 3 heteroatoms. The molecule has 2 rings (SSSR count). The summed E-state index contributed by atoms with van der Waals surface area (Å²) >= 11 is 0. The fraction of sp³-hybridized carbons (Fsp3) is 0.235. The lowest BCUT2D eigenvalue weighted by molar-refractivity contribution is 0.0693. The first-order chi connectivity index (χ1) is 9.63. The topological polar surface area (TPSA) is 37.3 Å². The molecular weight excluding hydrogens is 255 g/mol. The summed E-state index contributed by atoms with van der Waals surface area (Å²) in [4.78, 5) is 11.2. The number of benzene rings is 2. The first-order valence-corrected chi connectivity index (χ1v) is 6.74. The van der Waals surface area contributed by atoms with Crippen molar-refractivity contribution in [1.29, 1.82) is 0 Å². The molecule has 0 unspecified atom stereocenters. The van der Waals surface area contributed by atoms with Gasteiger partial charge in [0.15, 0.2) is 0 Å². The second kappa shape index (κ2) is 6.33. The molecule has 2 aromatic rings. The molecule has 0 aliphatic carbocycles. The summed E-state index contributed by atoms with van der Waals surface area (Å²) in [7, 11) is 0. The Labute approximate surface area is 117 Å². The van der Waals surface area contributed by atoms with Crippen molar-refractivity contribution >= 4 is 5.97 Å². The molecule has 0 saturated carbocycles. The van der Waals surface area contributed by atoms with Crippen molar-refractivity contribution in [2.75, 3.05) is 0 Å². The SMILES string of the molecule is CCCCc1ccc(-c2cccc(F)c2C(=O)O)cc1. The molecule has 0 aromatic heterocycles. The normalized spacial score (nSPS) is 10.5. The van der Waals surface area contributed by atoms with Gasteiger partial charge < -0.3 is 5.11 Å². The Bertz CT molecular complexity index is 603. The van der Waals surface area contributed by atoms with E-state index in [0.717, 1.165) is 24.8 Å². The molecule has 0 saturated heterocycles. The smallest absolute Gasteiger partial charge is 0.339 e. The Morgan fingerprint density at radius 1 is 1.15 bits per heavy atom. The quantitative estimate of drug-likeness (QED) is 0.868. The van der Waals surface area contributed by atoms with Gasteiger partial charge in [0.25, 0.3) is 0 Å². The van der Waals surface area contributed by atoms with Crippen LogP contribution in [0.5, 0.6) is 0 Å². The Morgan fingerprint density at radius 2 is 1.85 bits per heavy atom. The van der Waals surface area contributed by atoms with Gasteiger partial charge in [-0.2, -0.15) is 0 Å². The summed E-state index contributed by atoms with van der Waals surface area (Å²) in [5, 5.41) is 9.14. The molecule has 1 N–H and O–H groups in total. The van der Waals surface area contributed by atoms with E-state index in [1.54, 1.807) is 6.07 Å². The average molecular weight is 272 g/mol. The highest BCUT2D eigenvalue weighted by atomic mass is 19.1. The third kappa shape index (κ3) is 3.05. The van der Waals surface area contributed by atoms with Crippen LogP contribution < -0.4 is 0 Å². The van der Waals surface area contributed by atoms with E-state index in [9.17, 15) is 9.18 Å². The monoisotopic (exact) mass is 272 g/mol. The van der Waals surface area contributed by atoms with E-state index in [4.69, 9.17) is 5.11 Å². The lowest BCUT2D eigenvalue weighted by Gasteiger charge is -2.08. The van der Waals surface area contributed by atoms with Gasteiger partial charge in [-0.05, 0) is 35.6 Å². The van der Waals surface area contributed by atoms with Crippen LogP contribution in [0.3, 0.4) is 0 Å². The van der Waals surface area contributed by atoms with E-state index in [1.165, 1.54) is 17.7 Å². The maximum absolute atomic E-state index is 13.7. The van der Waals surface area contributed by atoms with Crippen molar-refractivity contribution in [3.63, 3.8) is 0 Å². The first kappa shape index (κ1) is 14.3. The molecule has 0 atom stereocenters. The zero-order valence-electron chi connectivity index (χ0n) is 11.4. The number of carbonyl (C=O) groups is 1. The van der Waals surface area contributed by atoms with Gasteiger partial charge in [-0.1, -0.05) is 49.7 Å². The molecule has 0 radical (unpaired) electrons. The number of aryl methyl sites for hydroxylation is 1. The molecule has 104 valence electrons. The molecule has 0 aliphatic rings.